The van der Waals surface area contributed by atoms with Gasteiger partial charge >= 0.3 is 5.97 Å². The molecule has 3 aromatic rings. The molecular formula is C20H19N3O4. The van der Waals surface area contributed by atoms with Crippen molar-refractivity contribution < 1.29 is 14.7 Å². The highest BCUT2D eigenvalue weighted by Gasteiger charge is 2.20. The van der Waals surface area contributed by atoms with E-state index in [-0.39, 0.29) is 17.7 Å². The van der Waals surface area contributed by atoms with Gasteiger partial charge in [0, 0.05) is 6.07 Å². The van der Waals surface area contributed by atoms with Crippen LogP contribution in [0.25, 0.3) is 5.69 Å². The average Bonchev–Trinajstić information content (AvgIpc) is 3.04. The molecule has 1 amide bonds. The molecule has 7 heteroatoms. The summed E-state index contributed by atoms with van der Waals surface area (Å²) in [6.45, 7) is 1.92. The zero-order valence-electron chi connectivity index (χ0n) is 14.7. The van der Waals surface area contributed by atoms with E-state index in [1.165, 1.54) is 10.7 Å². The van der Waals surface area contributed by atoms with Crippen molar-refractivity contribution in [1.82, 2.24) is 15.1 Å². The molecular weight excluding hydrogens is 346 g/mol. The van der Waals surface area contributed by atoms with E-state index in [0.717, 1.165) is 5.56 Å². The zero-order chi connectivity index (χ0) is 19.4. The van der Waals surface area contributed by atoms with Gasteiger partial charge in [0.15, 0.2) is 0 Å². The Kier molecular flexibility index (Phi) is 5.21. The first-order valence-corrected chi connectivity index (χ1v) is 8.41. The van der Waals surface area contributed by atoms with Crippen LogP contribution in [0.5, 0.6) is 0 Å². The van der Waals surface area contributed by atoms with Crippen molar-refractivity contribution in [3.63, 3.8) is 0 Å². The van der Waals surface area contributed by atoms with Gasteiger partial charge in [-0.2, -0.15) is 0 Å². The minimum atomic E-state index is -1.03. The van der Waals surface area contributed by atoms with Gasteiger partial charge in [-0.05, 0) is 24.6 Å². The second-order valence-corrected chi connectivity index (χ2v) is 6.21. The molecule has 0 aliphatic carbocycles. The van der Waals surface area contributed by atoms with Crippen LogP contribution in [0.15, 0.2) is 65.5 Å². The van der Waals surface area contributed by atoms with Crippen LogP contribution in [0.4, 0.5) is 0 Å². The number of carbonyl (C=O) groups excluding carboxylic acids is 1. The van der Waals surface area contributed by atoms with Crippen LogP contribution in [0, 0.1) is 6.92 Å². The van der Waals surface area contributed by atoms with Crippen molar-refractivity contribution in [1.29, 1.82) is 0 Å². The first-order chi connectivity index (χ1) is 12.9. The molecule has 7 nitrogen and oxygen atoms in total. The summed E-state index contributed by atoms with van der Waals surface area (Å²) in [6, 6.07) is 16.6. The maximum atomic E-state index is 12.6. The fourth-order valence-electron chi connectivity index (χ4n) is 2.74. The van der Waals surface area contributed by atoms with Crippen molar-refractivity contribution in [2.24, 2.45) is 0 Å². The monoisotopic (exact) mass is 365 g/mol. The predicted octanol–water partition coefficient (Wildman–Crippen LogP) is 2.42. The van der Waals surface area contributed by atoms with Crippen molar-refractivity contribution in [3.05, 3.63) is 87.8 Å². The van der Waals surface area contributed by atoms with E-state index in [9.17, 15) is 14.4 Å². The van der Waals surface area contributed by atoms with Gasteiger partial charge in [0.1, 0.15) is 5.69 Å². The van der Waals surface area contributed by atoms with Gasteiger partial charge < -0.3 is 10.4 Å². The van der Waals surface area contributed by atoms with Crippen LogP contribution in [0.1, 0.15) is 34.1 Å². The summed E-state index contributed by atoms with van der Waals surface area (Å²) in [6.07, 6.45) is -0.265. The largest absolute Gasteiger partial charge is 0.481 e. The number of hydrogen-bond donors (Lipinski definition) is 3. The number of carboxylic acids is 1. The molecule has 1 heterocycles. The number of aryl methyl sites for hydroxylation is 1. The summed E-state index contributed by atoms with van der Waals surface area (Å²) < 4.78 is 1.26. The maximum absolute atomic E-state index is 12.6. The third-order valence-electron chi connectivity index (χ3n) is 4.14. The smallest absolute Gasteiger partial charge is 0.305 e. The molecule has 0 aliphatic rings. The van der Waals surface area contributed by atoms with E-state index < -0.39 is 17.9 Å². The highest BCUT2D eigenvalue weighted by Crippen LogP contribution is 2.18. The molecule has 3 N–H and O–H groups in total. The number of aromatic amines is 1. The maximum Gasteiger partial charge on any atom is 0.305 e. The van der Waals surface area contributed by atoms with E-state index in [1.807, 2.05) is 25.1 Å². The van der Waals surface area contributed by atoms with E-state index in [2.05, 4.69) is 10.4 Å². The topological polar surface area (TPSA) is 104 Å². The molecule has 3 rings (SSSR count). The number of amides is 1. The number of aromatic nitrogens is 2. The number of nitrogens with one attached hydrogen (secondary N) is 2. The van der Waals surface area contributed by atoms with Crippen molar-refractivity contribution >= 4 is 11.9 Å². The van der Waals surface area contributed by atoms with Gasteiger partial charge in [-0.25, -0.2) is 4.68 Å². The molecule has 0 saturated carbocycles. The van der Waals surface area contributed by atoms with Crippen LogP contribution in [-0.2, 0) is 4.79 Å². The molecule has 0 unspecified atom stereocenters. The highest BCUT2D eigenvalue weighted by atomic mass is 16.4. The minimum Gasteiger partial charge on any atom is -0.481 e. The summed E-state index contributed by atoms with van der Waals surface area (Å²) in [5.74, 6) is -1.58. The Morgan fingerprint density at radius 3 is 2.41 bits per heavy atom. The molecule has 0 fully saturated rings. The first-order valence-electron chi connectivity index (χ1n) is 8.41. The second-order valence-electron chi connectivity index (χ2n) is 6.21. The van der Waals surface area contributed by atoms with Crippen LogP contribution in [-0.4, -0.2) is 26.8 Å². The number of H-pyrrole nitrogens is 1. The fourth-order valence-corrected chi connectivity index (χ4v) is 2.74. The van der Waals surface area contributed by atoms with Crippen molar-refractivity contribution in [2.45, 2.75) is 19.4 Å². The van der Waals surface area contributed by atoms with E-state index >= 15 is 0 Å². The Hall–Kier alpha value is -3.61. The number of carboxylic acid groups (broad SMARTS) is 1. The Labute approximate surface area is 155 Å². The lowest BCUT2D eigenvalue weighted by Crippen LogP contribution is -2.30. The minimum absolute atomic E-state index is 0.0614. The molecule has 0 radical (unpaired) electrons. The standard InChI is InChI=1S/C20H19N3O4/c1-13-7-9-14(10-8-13)16(12-19(25)26)21-20(27)17-11-18(24)23(22-17)15-5-3-2-4-6-15/h2-11,16,22H,12H2,1H3,(H,21,27)(H,25,26)/t16-/m0/s1. The Morgan fingerprint density at radius 1 is 1.11 bits per heavy atom. The number of benzene rings is 2. The number of para-hydroxylation sites is 1. The zero-order valence-corrected chi connectivity index (χ0v) is 14.7. The third kappa shape index (κ3) is 4.33. The van der Waals surface area contributed by atoms with Crippen LogP contribution >= 0.6 is 0 Å². The van der Waals surface area contributed by atoms with E-state index in [1.54, 1.807) is 36.4 Å². The van der Waals surface area contributed by atoms with Crippen molar-refractivity contribution in [3.8, 4) is 5.69 Å². The average molecular weight is 365 g/mol. The molecule has 27 heavy (non-hydrogen) atoms. The lowest BCUT2D eigenvalue weighted by molar-refractivity contribution is -0.137. The van der Waals surface area contributed by atoms with Crippen LogP contribution in [0.3, 0.4) is 0 Å². The van der Waals surface area contributed by atoms with Crippen LogP contribution in [0.2, 0.25) is 0 Å². The lowest BCUT2D eigenvalue weighted by Gasteiger charge is -2.17. The summed E-state index contributed by atoms with van der Waals surface area (Å²) in [5, 5.41) is 14.6. The molecule has 0 aliphatic heterocycles. The Bertz CT molecular complexity index is 1000. The normalized spacial score (nSPS) is 11.7. The van der Waals surface area contributed by atoms with E-state index in [4.69, 9.17) is 5.11 Å². The van der Waals surface area contributed by atoms with Gasteiger partial charge in [-0.1, -0.05) is 48.0 Å². The number of aliphatic carboxylic acids is 1. The number of nitrogens with zero attached hydrogens (tertiary/aromatic N) is 1. The molecule has 0 bridgehead atoms. The summed E-state index contributed by atoms with van der Waals surface area (Å²) in [5.41, 5.74) is 2.00. The SMILES string of the molecule is Cc1ccc([C@H](CC(=O)O)NC(=O)c2cc(=O)n(-c3ccccc3)[nH]2)cc1. The third-order valence-corrected chi connectivity index (χ3v) is 4.14. The van der Waals surface area contributed by atoms with Gasteiger partial charge in [0.25, 0.3) is 11.5 Å². The van der Waals surface area contributed by atoms with Gasteiger partial charge in [-0.15, -0.1) is 0 Å². The number of rotatable bonds is 6. The molecule has 138 valence electrons. The molecule has 0 saturated heterocycles. The van der Waals surface area contributed by atoms with Crippen molar-refractivity contribution in [2.75, 3.05) is 0 Å². The van der Waals surface area contributed by atoms with Gasteiger partial charge in [-0.3, -0.25) is 19.5 Å². The first kappa shape index (κ1) is 18.2. The quantitative estimate of drug-likeness (QED) is 0.624. The number of hydrogen-bond acceptors (Lipinski definition) is 3. The highest BCUT2D eigenvalue weighted by molar-refractivity contribution is 5.92. The Balaban J connectivity index is 1.85. The van der Waals surface area contributed by atoms with Crippen LogP contribution < -0.4 is 10.9 Å². The lowest BCUT2D eigenvalue weighted by atomic mass is 10.0. The fraction of sp³-hybridized carbons (Fsp3) is 0.150. The van der Waals surface area contributed by atoms with E-state index in [0.29, 0.717) is 11.3 Å². The number of carbonyl (C=O) groups is 2. The van der Waals surface area contributed by atoms with Gasteiger partial charge in [0.2, 0.25) is 0 Å². The van der Waals surface area contributed by atoms with Gasteiger partial charge in [0.05, 0.1) is 18.2 Å². The molecule has 2 aromatic carbocycles. The predicted molar refractivity (Wildman–Crippen MR) is 100 cm³/mol. The second kappa shape index (κ2) is 7.74. The summed E-state index contributed by atoms with van der Waals surface area (Å²) in [4.78, 5) is 36.0. The molecule has 1 aromatic heterocycles. The summed E-state index contributed by atoms with van der Waals surface area (Å²) in [7, 11) is 0. The molecule has 1 atom stereocenters. The molecule has 0 spiro atoms. The summed E-state index contributed by atoms with van der Waals surface area (Å²) >= 11 is 0. The Morgan fingerprint density at radius 2 is 1.78 bits per heavy atom.